The van der Waals surface area contributed by atoms with Gasteiger partial charge in [-0.2, -0.15) is 11.8 Å². The summed E-state index contributed by atoms with van der Waals surface area (Å²) in [6.07, 6.45) is 8.20. The molecular weight excluding hydrogens is 512 g/mol. The van der Waals surface area contributed by atoms with Gasteiger partial charge < -0.3 is 15.2 Å². The largest absolute Gasteiger partial charge is 0.341 e. The standard InChI is InChI=1S/C34H40N4OS/c1-2-27-18-21-37(22-19-27)33(39)32(35)20-23-40-25-31-24-38(26-36-31)34(28-12-6-3-7-13-28,29-14-8-4-9-15-29)30-16-10-5-11-17-30/h3-17,24,26-27,32H,2,18-23,25,35H2,1H3. The summed E-state index contributed by atoms with van der Waals surface area (Å²) in [4.78, 5) is 19.7. The molecule has 1 atom stereocenters. The third-order valence-electron chi connectivity index (χ3n) is 8.24. The molecule has 1 saturated heterocycles. The predicted molar refractivity (Wildman–Crippen MR) is 165 cm³/mol. The molecule has 0 spiro atoms. The smallest absolute Gasteiger partial charge is 0.239 e. The Morgan fingerprint density at radius 2 is 1.45 bits per heavy atom. The molecule has 3 aromatic carbocycles. The molecule has 4 aromatic rings. The van der Waals surface area contributed by atoms with Crippen molar-refractivity contribution in [2.24, 2.45) is 11.7 Å². The molecule has 2 N–H and O–H groups in total. The van der Waals surface area contributed by atoms with E-state index in [-0.39, 0.29) is 5.91 Å². The molecule has 40 heavy (non-hydrogen) atoms. The van der Waals surface area contributed by atoms with Crippen molar-refractivity contribution in [1.29, 1.82) is 0 Å². The van der Waals surface area contributed by atoms with Crippen LogP contribution in [-0.2, 0) is 16.1 Å². The van der Waals surface area contributed by atoms with Crippen LogP contribution >= 0.6 is 11.8 Å². The molecule has 5 nitrogen and oxygen atoms in total. The second kappa shape index (κ2) is 13.3. The van der Waals surface area contributed by atoms with E-state index in [9.17, 15) is 4.79 Å². The van der Waals surface area contributed by atoms with Gasteiger partial charge in [0.2, 0.25) is 5.91 Å². The van der Waals surface area contributed by atoms with Crippen molar-refractivity contribution in [1.82, 2.24) is 14.5 Å². The van der Waals surface area contributed by atoms with Crippen molar-refractivity contribution in [3.8, 4) is 0 Å². The minimum Gasteiger partial charge on any atom is -0.341 e. The molecule has 1 aromatic heterocycles. The van der Waals surface area contributed by atoms with Crippen molar-refractivity contribution in [2.45, 2.75) is 49.9 Å². The molecule has 1 aliphatic rings. The van der Waals surface area contributed by atoms with Crippen LogP contribution in [0.15, 0.2) is 104 Å². The van der Waals surface area contributed by atoms with Crippen molar-refractivity contribution >= 4 is 17.7 Å². The Hall–Kier alpha value is -3.35. The molecule has 0 radical (unpaired) electrons. The van der Waals surface area contributed by atoms with Crippen molar-refractivity contribution in [2.75, 3.05) is 18.8 Å². The molecule has 1 unspecified atom stereocenters. The summed E-state index contributed by atoms with van der Waals surface area (Å²) in [6.45, 7) is 3.93. The maximum atomic E-state index is 12.9. The molecule has 5 rings (SSSR count). The Morgan fingerprint density at radius 3 is 1.95 bits per heavy atom. The highest BCUT2D eigenvalue weighted by Crippen LogP contribution is 2.40. The molecule has 0 saturated carbocycles. The number of piperidine rings is 1. The van der Waals surface area contributed by atoms with E-state index in [1.54, 1.807) is 11.8 Å². The van der Waals surface area contributed by atoms with Gasteiger partial charge in [-0.05, 0) is 47.6 Å². The van der Waals surface area contributed by atoms with E-state index in [0.29, 0.717) is 6.42 Å². The van der Waals surface area contributed by atoms with Gasteiger partial charge in [0.1, 0.15) is 5.54 Å². The number of thioether (sulfide) groups is 1. The van der Waals surface area contributed by atoms with Gasteiger partial charge in [0.25, 0.3) is 0 Å². The van der Waals surface area contributed by atoms with Crippen LogP contribution in [0.25, 0.3) is 0 Å². The number of aromatic nitrogens is 2. The number of nitrogens with two attached hydrogens (primary N) is 1. The first-order valence-corrected chi connectivity index (χ1v) is 15.6. The van der Waals surface area contributed by atoms with Gasteiger partial charge >= 0.3 is 0 Å². The topological polar surface area (TPSA) is 64.2 Å². The van der Waals surface area contributed by atoms with E-state index in [2.05, 4.69) is 109 Å². The average molecular weight is 553 g/mol. The van der Waals surface area contributed by atoms with Crippen molar-refractivity contribution < 1.29 is 4.79 Å². The second-order valence-corrected chi connectivity index (χ2v) is 11.8. The summed E-state index contributed by atoms with van der Waals surface area (Å²) >= 11 is 1.79. The third kappa shape index (κ3) is 6.03. The third-order valence-corrected chi connectivity index (χ3v) is 9.27. The Bertz CT molecular complexity index is 1240. The van der Waals surface area contributed by atoms with Crippen LogP contribution in [-0.4, -0.2) is 45.2 Å². The van der Waals surface area contributed by atoms with Crippen LogP contribution in [0.2, 0.25) is 0 Å². The molecule has 6 heteroatoms. The summed E-state index contributed by atoms with van der Waals surface area (Å²) in [6, 6.07) is 31.5. The van der Waals surface area contributed by atoms with E-state index in [1.807, 2.05) is 11.2 Å². The minimum absolute atomic E-state index is 0.109. The summed E-state index contributed by atoms with van der Waals surface area (Å²) in [5.41, 5.74) is 10.3. The number of likely N-dealkylation sites (tertiary alicyclic amines) is 1. The van der Waals surface area contributed by atoms with E-state index < -0.39 is 11.6 Å². The first kappa shape index (κ1) is 28.2. The van der Waals surface area contributed by atoms with Crippen LogP contribution in [0.5, 0.6) is 0 Å². The number of hydrogen-bond acceptors (Lipinski definition) is 4. The SMILES string of the molecule is CCC1CCN(C(=O)C(N)CCSCc2cn(C(c3ccccc3)(c3ccccc3)c3ccccc3)cn2)CC1. The number of carbonyl (C=O) groups is 1. The highest BCUT2D eigenvalue weighted by Gasteiger charge is 2.38. The lowest BCUT2D eigenvalue weighted by Crippen LogP contribution is -2.47. The van der Waals surface area contributed by atoms with E-state index >= 15 is 0 Å². The fourth-order valence-corrected chi connectivity index (χ4v) is 6.84. The summed E-state index contributed by atoms with van der Waals surface area (Å²) in [7, 11) is 0. The zero-order chi connectivity index (χ0) is 27.8. The lowest BCUT2D eigenvalue weighted by Gasteiger charge is -2.37. The summed E-state index contributed by atoms with van der Waals surface area (Å²) in [5.74, 6) is 2.45. The molecule has 1 amide bonds. The van der Waals surface area contributed by atoms with Gasteiger partial charge in [0, 0.05) is 25.0 Å². The second-order valence-electron chi connectivity index (χ2n) is 10.7. The Morgan fingerprint density at radius 1 is 0.925 bits per heavy atom. The monoisotopic (exact) mass is 552 g/mol. The first-order chi connectivity index (χ1) is 19.6. The maximum Gasteiger partial charge on any atom is 0.239 e. The summed E-state index contributed by atoms with van der Waals surface area (Å²) < 4.78 is 2.25. The fraction of sp³-hybridized carbons (Fsp3) is 0.353. The molecule has 1 aliphatic heterocycles. The van der Waals surface area contributed by atoms with Crippen LogP contribution in [0.3, 0.4) is 0 Å². The number of imidazole rings is 1. The molecule has 2 heterocycles. The molecular formula is C34H40N4OS. The highest BCUT2D eigenvalue weighted by molar-refractivity contribution is 7.98. The van der Waals surface area contributed by atoms with E-state index in [4.69, 9.17) is 10.7 Å². The number of benzene rings is 3. The molecule has 1 fully saturated rings. The van der Waals surface area contributed by atoms with Gasteiger partial charge in [-0.25, -0.2) is 4.98 Å². The van der Waals surface area contributed by atoms with Crippen LogP contribution in [0.1, 0.15) is 55.0 Å². The Labute approximate surface area is 242 Å². The number of amides is 1. The summed E-state index contributed by atoms with van der Waals surface area (Å²) in [5, 5.41) is 0. The van der Waals surface area contributed by atoms with Gasteiger partial charge in [-0.1, -0.05) is 104 Å². The number of rotatable bonds is 11. The van der Waals surface area contributed by atoms with Crippen LogP contribution in [0.4, 0.5) is 0 Å². The lowest BCUT2D eigenvalue weighted by molar-refractivity contribution is -0.134. The zero-order valence-corrected chi connectivity index (χ0v) is 24.2. The van der Waals surface area contributed by atoms with Crippen molar-refractivity contribution in [3.05, 3.63) is 126 Å². The van der Waals surface area contributed by atoms with Crippen LogP contribution in [0, 0.1) is 5.92 Å². The first-order valence-electron chi connectivity index (χ1n) is 14.4. The van der Waals surface area contributed by atoms with E-state index in [0.717, 1.165) is 49.0 Å². The molecule has 208 valence electrons. The van der Waals surface area contributed by atoms with Gasteiger partial charge in [-0.3, -0.25) is 4.79 Å². The average Bonchev–Trinajstić information content (AvgIpc) is 3.50. The molecule has 0 bridgehead atoms. The van der Waals surface area contributed by atoms with Crippen LogP contribution < -0.4 is 5.73 Å². The Balaban J connectivity index is 1.30. The Kier molecular flexibility index (Phi) is 9.40. The molecule has 0 aliphatic carbocycles. The van der Waals surface area contributed by atoms with Gasteiger partial charge in [0.15, 0.2) is 0 Å². The highest BCUT2D eigenvalue weighted by atomic mass is 32.2. The fourth-order valence-electron chi connectivity index (χ4n) is 5.91. The van der Waals surface area contributed by atoms with E-state index in [1.165, 1.54) is 23.1 Å². The minimum atomic E-state index is -0.556. The normalized spacial score (nSPS) is 15.2. The predicted octanol–water partition coefficient (Wildman–Crippen LogP) is 6.32. The zero-order valence-electron chi connectivity index (χ0n) is 23.4. The number of nitrogens with zero attached hydrogens (tertiary/aromatic N) is 3. The number of carbonyl (C=O) groups excluding carboxylic acids is 1. The maximum absolute atomic E-state index is 12.9. The quantitative estimate of drug-likeness (QED) is 0.175. The number of hydrogen-bond donors (Lipinski definition) is 1. The lowest BCUT2D eigenvalue weighted by atomic mass is 9.77. The van der Waals surface area contributed by atoms with Gasteiger partial charge in [-0.15, -0.1) is 0 Å². The van der Waals surface area contributed by atoms with Crippen molar-refractivity contribution in [3.63, 3.8) is 0 Å². The van der Waals surface area contributed by atoms with Gasteiger partial charge in [0.05, 0.1) is 18.1 Å².